The van der Waals surface area contributed by atoms with E-state index >= 15 is 0 Å². The van der Waals surface area contributed by atoms with Gasteiger partial charge in [0.1, 0.15) is 5.60 Å². The normalized spacial score (nSPS) is 15.0. The molecule has 0 bridgehead atoms. The molecule has 0 radical (unpaired) electrons. The summed E-state index contributed by atoms with van der Waals surface area (Å²) in [5, 5.41) is 13.5. The van der Waals surface area contributed by atoms with Gasteiger partial charge >= 0.3 is 0 Å². The molecule has 0 fully saturated rings. The zero-order chi connectivity index (χ0) is 17.2. The lowest BCUT2D eigenvalue weighted by molar-refractivity contribution is 0.0524. The lowest BCUT2D eigenvalue weighted by Crippen LogP contribution is -2.38. The Morgan fingerprint density at radius 2 is 2.00 bits per heavy atom. The molecule has 6 heteroatoms. The summed E-state index contributed by atoms with van der Waals surface area (Å²) >= 11 is 1.51. The molecule has 0 spiro atoms. The first-order valence-corrected chi connectivity index (χ1v) is 8.77. The highest BCUT2D eigenvalue weighted by atomic mass is 32.2. The zero-order valence-electron chi connectivity index (χ0n) is 13.5. The average Bonchev–Trinajstić information content (AvgIpc) is 3.07. The standard InChI is InChI=1S/C18H19NO4S/c1-18(21,12-7-8-14-15(9-12)23-11-22-14)10-19-17(20)13-5-3-4-6-16(13)24-2/h3-9,21H,10-11H2,1-2H3,(H,19,20)/t18-/m1/s1. The summed E-state index contributed by atoms with van der Waals surface area (Å²) in [6, 6.07) is 12.7. The van der Waals surface area contributed by atoms with Crippen molar-refractivity contribution in [1.29, 1.82) is 0 Å². The van der Waals surface area contributed by atoms with E-state index in [1.165, 1.54) is 11.8 Å². The van der Waals surface area contributed by atoms with Gasteiger partial charge in [-0.25, -0.2) is 0 Å². The number of carbonyl (C=O) groups excluding carboxylic acids is 1. The number of rotatable bonds is 5. The maximum Gasteiger partial charge on any atom is 0.252 e. The Hall–Kier alpha value is -2.18. The van der Waals surface area contributed by atoms with Crippen LogP contribution in [0.25, 0.3) is 0 Å². The van der Waals surface area contributed by atoms with E-state index < -0.39 is 5.60 Å². The third kappa shape index (κ3) is 3.34. The van der Waals surface area contributed by atoms with Gasteiger partial charge in [-0.05, 0) is 43.0 Å². The molecule has 2 aromatic carbocycles. The summed E-state index contributed by atoms with van der Waals surface area (Å²) in [6.45, 7) is 1.93. The van der Waals surface area contributed by atoms with E-state index in [2.05, 4.69) is 5.32 Å². The van der Waals surface area contributed by atoms with Crippen molar-refractivity contribution < 1.29 is 19.4 Å². The first-order valence-electron chi connectivity index (χ1n) is 7.55. The molecule has 1 atom stereocenters. The van der Waals surface area contributed by atoms with Crippen LogP contribution in [0, 0.1) is 0 Å². The third-order valence-electron chi connectivity index (χ3n) is 3.94. The fourth-order valence-electron chi connectivity index (χ4n) is 2.51. The first kappa shape index (κ1) is 16.7. The summed E-state index contributed by atoms with van der Waals surface area (Å²) < 4.78 is 10.6. The zero-order valence-corrected chi connectivity index (χ0v) is 14.4. The van der Waals surface area contributed by atoms with E-state index in [9.17, 15) is 9.90 Å². The summed E-state index contributed by atoms with van der Waals surface area (Å²) in [5.41, 5.74) is 0.0435. The molecular weight excluding hydrogens is 326 g/mol. The minimum absolute atomic E-state index is 0.0915. The minimum atomic E-state index is -1.22. The number of amides is 1. The molecule has 3 rings (SSSR count). The largest absolute Gasteiger partial charge is 0.454 e. The molecule has 1 amide bonds. The second-order valence-corrected chi connectivity index (χ2v) is 6.57. The van der Waals surface area contributed by atoms with Gasteiger partial charge in [0, 0.05) is 4.90 Å². The van der Waals surface area contributed by atoms with Crippen LogP contribution in [0.1, 0.15) is 22.8 Å². The maximum atomic E-state index is 12.4. The summed E-state index contributed by atoms with van der Waals surface area (Å²) in [6.07, 6.45) is 1.93. The fraction of sp³-hybridized carbons (Fsp3) is 0.278. The molecule has 0 saturated heterocycles. The molecule has 1 aliphatic rings. The number of carbonyl (C=O) groups is 1. The average molecular weight is 345 g/mol. The van der Waals surface area contributed by atoms with Crippen molar-refractivity contribution in [1.82, 2.24) is 5.32 Å². The van der Waals surface area contributed by atoms with Crippen LogP contribution in [-0.2, 0) is 5.60 Å². The monoisotopic (exact) mass is 345 g/mol. The van der Waals surface area contributed by atoms with Crippen molar-refractivity contribution >= 4 is 17.7 Å². The van der Waals surface area contributed by atoms with E-state index in [0.29, 0.717) is 22.6 Å². The number of ether oxygens (including phenoxy) is 2. The molecule has 0 aliphatic carbocycles. The van der Waals surface area contributed by atoms with Gasteiger partial charge in [-0.3, -0.25) is 4.79 Å². The highest BCUT2D eigenvalue weighted by molar-refractivity contribution is 7.98. The fourth-order valence-corrected chi connectivity index (χ4v) is 3.11. The van der Waals surface area contributed by atoms with Crippen molar-refractivity contribution in [3.8, 4) is 11.5 Å². The van der Waals surface area contributed by atoms with Crippen LogP contribution >= 0.6 is 11.8 Å². The smallest absolute Gasteiger partial charge is 0.252 e. The molecule has 5 nitrogen and oxygen atoms in total. The van der Waals surface area contributed by atoms with Crippen LogP contribution in [0.3, 0.4) is 0 Å². The molecule has 1 heterocycles. The van der Waals surface area contributed by atoms with Gasteiger partial charge in [0.2, 0.25) is 6.79 Å². The molecule has 2 aromatic rings. The quantitative estimate of drug-likeness (QED) is 0.816. The lowest BCUT2D eigenvalue weighted by atomic mass is 9.95. The number of fused-ring (bicyclic) bond motifs is 1. The second-order valence-electron chi connectivity index (χ2n) is 5.72. The summed E-state index contributed by atoms with van der Waals surface area (Å²) in [4.78, 5) is 13.3. The molecule has 126 valence electrons. The first-order chi connectivity index (χ1) is 11.5. The Morgan fingerprint density at radius 1 is 1.25 bits per heavy atom. The molecule has 0 saturated carbocycles. The Bertz CT molecular complexity index is 760. The van der Waals surface area contributed by atoms with Gasteiger partial charge < -0.3 is 19.9 Å². The number of benzene rings is 2. The predicted molar refractivity (Wildman–Crippen MR) is 92.7 cm³/mol. The number of thioether (sulfide) groups is 1. The van der Waals surface area contributed by atoms with Crippen LogP contribution < -0.4 is 14.8 Å². The van der Waals surface area contributed by atoms with Gasteiger partial charge in [-0.1, -0.05) is 18.2 Å². The summed E-state index contributed by atoms with van der Waals surface area (Å²) in [5.74, 6) is 1.06. The van der Waals surface area contributed by atoms with Gasteiger partial charge in [0.05, 0.1) is 12.1 Å². The van der Waals surface area contributed by atoms with Crippen LogP contribution in [0.4, 0.5) is 0 Å². The number of aliphatic hydroxyl groups is 1. The van der Waals surface area contributed by atoms with Crippen molar-refractivity contribution in [3.63, 3.8) is 0 Å². The molecule has 0 aromatic heterocycles. The lowest BCUT2D eigenvalue weighted by Gasteiger charge is -2.24. The molecule has 0 unspecified atom stereocenters. The van der Waals surface area contributed by atoms with Gasteiger partial charge in [0.15, 0.2) is 11.5 Å². The second kappa shape index (κ2) is 6.75. The molecule has 2 N–H and O–H groups in total. The van der Waals surface area contributed by atoms with E-state index in [4.69, 9.17) is 9.47 Å². The minimum Gasteiger partial charge on any atom is -0.454 e. The Morgan fingerprint density at radius 3 is 2.79 bits per heavy atom. The predicted octanol–water partition coefficient (Wildman–Crippen LogP) is 2.77. The third-order valence-corrected chi connectivity index (χ3v) is 4.74. The number of hydrogen-bond acceptors (Lipinski definition) is 5. The van der Waals surface area contributed by atoms with Crippen LogP contribution in [-0.4, -0.2) is 30.6 Å². The van der Waals surface area contributed by atoms with Gasteiger partial charge in [0.25, 0.3) is 5.91 Å². The van der Waals surface area contributed by atoms with E-state index in [-0.39, 0.29) is 19.2 Å². The topological polar surface area (TPSA) is 67.8 Å². The molecular formula is C18H19NO4S. The highest BCUT2D eigenvalue weighted by Gasteiger charge is 2.27. The Kier molecular flexibility index (Phi) is 4.69. The van der Waals surface area contributed by atoms with Crippen molar-refractivity contribution in [2.24, 2.45) is 0 Å². The van der Waals surface area contributed by atoms with Crippen LogP contribution in [0.5, 0.6) is 11.5 Å². The van der Waals surface area contributed by atoms with Crippen LogP contribution in [0.15, 0.2) is 47.4 Å². The van der Waals surface area contributed by atoms with Crippen molar-refractivity contribution in [2.45, 2.75) is 17.4 Å². The van der Waals surface area contributed by atoms with Crippen LogP contribution in [0.2, 0.25) is 0 Å². The summed E-state index contributed by atoms with van der Waals surface area (Å²) in [7, 11) is 0. The van der Waals surface area contributed by atoms with Gasteiger partial charge in [-0.15, -0.1) is 11.8 Å². The van der Waals surface area contributed by atoms with Gasteiger partial charge in [-0.2, -0.15) is 0 Å². The maximum absolute atomic E-state index is 12.4. The van der Waals surface area contributed by atoms with E-state index in [1.54, 1.807) is 31.2 Å². The highest BCUT2D eigenvalue weighted by Crippen LogP contribution is 2.35. The number of hydrogen-bond donors (Lipinski definition) is 2. The van der Waals surface area contributed by atoms with E-state index in [1.807, 2.05) is 24.5 Å². The Labute approximate surface area is 145 Å². The SMILES string of the molecule is CSc1ccccc1C(=O)NC[C@@](C)(O)c1ccc2c(c1)OCO2. The Balaban J connectivity index is 1.72. The molecule has 1 aliphatic heterocycles. The molecule has 24 heavy (non-hydrogen) atoms. The van der Waals surface area contributed by atoms with E-state index in [0.717, 1.165) is 4.90 Å². The number of nitrogens with one attached hydrogen (secondary N) is 1. The van der Waals surface area contributed by atoms with Crippen molar-refractivity contribution in [2.75, 3.05) is 19.6 Å². The van der Waals surface area contributed by atoms with Crippen molar-refractivity contribution in [3.05, 3.63) is 53.6 Å².